The SMILES string of the molecule is C=C(N=CC)c1cc2cc(F)ccc2n1C. The van der Waals surface area contributed by atoms with E-state index < -0.39 is 0 Å². The Labute approximate surface area is 93.7 Å². The van der Waals surface area contributed by atoms with E-state index in [0.717, 1.165) is 16.6 Å². The van der Waals surface area contributed by atoms with Gasteiger partial charge in [-0.1, -0.05) is 6.58 Å². The van der Waals surface area contributed by atoms with Gasteiger partial charge in [-0.2, -0.15) is 0 Å². The molecule has 2 nitrogen and oxygen atoms in total. The van der Waals surface area contributed by atoms with E-state index in [4.69, 9.17) is 0 Å². The Balaban J connectivity index is 2.64. The van der Waals surface area contributed by atoms with Gasteiger partial charge in [0.1, 0.15) is 5.82 Å². The first kappa shape index (κ1) is 10.6. The molecule has 0 aliphatic carbocycles. The van der Waals surface area contributed by atoms with Crippen LogP contribution < -0.4 is 0 Å². The summed E-state index contributed by atoms with van der Waals surface area (Å²) in [6.45, 7) is 5.72. The Kier molecular flexibility index (Phi) is 2.60. The summed E-state index contributed by atoms with van der Waals surface area (Å²) in [5, 5.41) is 0.866. The fourth-order valence-corrected chi connectivity index (χ4v) is 1.82. The molecule has 1 heterocycles. The van der Waals surface area contributed by atoms with Crippen LogP contribution >= 0.6 is 0 Å². The average molecular weight is 216 g/mol. The van der Waals surface area contributed by atoms with E-state index in [1.807, 2.05) is 24.6 Å². The van der Waals surface area contributed by atoms with E-state index in [-0.39, 0.29) is 5.82 Å². The van der Waals surface area contributed by atoms with Gasteiger partial charge < -0.3 is 4.57 Å². The minimum absolute atomic E-state index is 0.228. The van der Waals surface area contributed by atoms with Crippen molar-refractivity contribution in [3.63, 3.8) is 0 Å². The lowest BCUT2D eigenvalue weighted by Gasteiger charge is -2.02. The summed E-state index contributed by atoms with van der Waals surface area (Å²) in [6, 6.07) is 6.63. The minimum atomic E-state index is -0.228. The van der Waals surface area contributed by atoms with Crippen molar-refractivity contribution in [3.05, 3.63) is 42.4 Å². The largest absolute Gasteiger partial charge is 0.342 e. The molecule has 0 bridgehead atoms. The maximum absolute atomic E-state index is 13.1. The van der Waals surface area contributed by atoms with Gasteiger partial charge in [0.25, 0.3) is 0 Å². The summed E-state index contributed by atoms with van der Waals surface area (Å²) in [7, 11) is 1.92. The number of halogens is 1. The molecule has 1 aromatic carbocycles. The maximum atomic E-state index is 13.1. The lowest BCUT2D eigenvalue weighted by Crippen LogP contribution is -1.93. The molecule has 0 radical (unpaired) electrons. The van der Waals surface area contributed by atoms with Crippen LogP contribution in [0.1, 0.15) is 12.6 Å². The molecule has 0 atom stereocenters. The van der Waals surface area contributed by atoms with E-state index in [9.17, 15) is 4.39 Å². The highest BCUT2D eigenvalue weighted by molar-refractivity contribution is 5.86. The van der Waals surface area contributed by atoms with Crippen molar-refractivity contribution < 1.29 is 4.39 Å². The molecule has 0 amide bonds. The average Bonchev–Trinajstić information content (AvgIpc) is 2.56. The molecule has 1 aromatic heterocycles. The second kappa shape index (κ2) is 3.93. The molecule has 0 unspecified atom stereocenters. The maximum Gasteiger partial charge on any atom is 0.123 e. The van der Waals surface area contributed by atoms with Crippen molar-refractivity contribution in [2.45, 2.75) is 6.92 Å². The summed E-state index contributed by atoms with van der Waals surface area (Å²) < 4.78 is 15.0. The summed E-state index contributed by atoms with van der Waals surface area (Å²) in [5.74, 6) is -0.228. The van der Waals surface area contributed by atoms with E-state index >= 15 is 0 Å². The highest BCUT2D eigenvalue weighted by atomic mass is 19.1. The molecule has 0 fully saturated rings. The van der Waals surface area contributed by atoms with Gasteiger partial charge in [0.2, 0.25) is 0 Å². The van der Waals surface area contributed by atoms with Crippen molar-refractivity contribution in [3.8, 4) is 0 Å². The van der Waals surface area contributed by atoms with E-state index in [0.29, 0.717) is 5.70 Å². The van der Waals surface area contributed by atoms with Crippen LogP contribution in [0.4, 0.5) is 4.39 Å². The topological polar surface area (TPSA) is 17.3 Å². The lowest BCUT2D eigenvalue weighted by molar-refractivity contribution is 0.629. The van der Waals surface area contributed by atoms with Gasteiger partial charge in [-0.3, -0.25) is 4.99 Å². The smallest absolute Gasteiger partial charge is 0.123 e. The summed E-state index contributed by atoms with van der Waals surface area (Å²) >= 11 is 0. The molecular weight excluding hydrogens is 203 g/mol. The fraction of sp³-hybridized carbons (Fsp3) is 0.154. The Morgan fingerprint density at radius 2 is 2.19 bits per heavy atom. The summed E-state index contributed by atoms with van der Waals surface area (Å²) in [6.07, 6.45) is 1.70. The molecular formula is C13H13FN2. The van der Waals surface area contributed by atoms with Crippen molar-refractivity contribution in [1.82, 2.24) is 4.57 Å². The van der Waals surface area contributed by atoms with Crippen LogP contribution in [0.15, 0.2) is 35.8 Å². The molecule has 82 valence electrons. The van der Waals surface area contributed by atoms with Gasteiger partial charge in [0.05, 0.1) is 11.4 Å². The Morgan fingerprint density at radius 1 is 1.44 bits per heavy atom. The first-order valence-electron chi connectivity index (χ1n) is 5.06. The second-order valence-corrected chi connectivity index (χ2v) is 3.63. The van der Waals surface area contributed by atoms with Gasteiger partial charge in [-0.05, 0) is 31.2 Å². The van der Waals surface area contributed by atoms with Crippen LogP contribution in [0, 0.1) is 5.82 Å². The van der Waals surface area contributed by atoms with Gasteiger partial charge in [-0.25, -0.2) is 4.39 Å². The third kappa shape index (κ3) is 1.65. The number of hydrogen-bond donors (Lipinski definition) is 0. The first-order chi connectivity index (χ1) is 7.63. The van der Waals surface area contributed by atoms with Crippen LogP contribution in [0.5, 0.6) is 0 Å². The second-order valence-electron chi connectivity index (χ2n) is 3.63. The molecule has 2 aromatic rings. The highest BCUT2D eigenvalue weighted by Gasteiger charge is 2.08. The molecule has 3 heteroatoms. The molecule has 0 saturated carbocycles. The number of benzene rings is 1. The number of nitrogens with zero attached hydrogens (tertiary/aromatic N) is 2. The summed E-state index contributed by atoms with van der Waals surface area (Å²) in [5.41, 5.74) is 2.56. The zero-order chi connectivity index (χ0) is 11.7. The van der Waals surface area contributed by atoms with Gasteiger partial charge in [-0.15, -0.1) is 0 Å². The van der Waals surface area contributed by atoms with Gasteiger partial charge in [0.15, 0.2) is 0 Å². The Morgan fingerprint density at radius 3 is 2.88 bits per heavy atom. The van der Waals surface area contributed by atoms with Crippen LogP contribution in [0.2, 0.25) is 0 Å². The Hall–Kier alpha value is -1.90. The van der Waals surface area contributed by atoms with Crippen molar-refractivity contribution in [2.75, 3.05) is 0 Å². The number of rotatable bonds is 2. The van der Waals surface area contributed by atoms with Gasteiger partial charge in [0, 0.05) is 24.2 Å². The molecule has 2 rings (SSSR count). The highest BCUT2D eigenvalue weighted by Crippen LogP contribution is 2.24. The summed E-state index contributed by atoms with van der Waals surface area (Å²) in [4.78, 5) is 4.14. The Bertz CT molecular complexity index is 579. The van der Waals surface area contributed by atoms with Crippen LogP contribution in [0.3, 0.4) is 0 Å². The number of fused-ring (bicyclic) bond motifs is 1. The normalized spacial score (nSPS) is 11.4. The number of hydrogen-bond acceptors (Lipinski definition) is 1. The van der Waals surface area contributed by atoms with Crippen LogP contribution in [-0.4, -0.2) is 10.8 Å². The molecule has 0 spiro atoms. The zero-order valence-corrected chi connectivity index (χ0v) is 9.37. The van der Waals surface area contributed by atoms with Gasteiger partial charge >= 0.3 is 0 Å². The zero-order valence-electron chi connectivity index (χ0n) is 9.37. The number of aromatic nitrogens is 1. The quantitative estimate of drug-likeness (QED) is 0.685. The number of aliphatic imine (C=N–C) groups is 1. The predicted molar refractivity (Wildman–Crippen MR) is 66.1 cm³/mol. The standard InChI is InChI=1S/C13H13FN2/c1-4-15-9(2)13-8-10-7-11(14)5-6-12(10)16(13)3/h4-8H,2H2,1,3H3. The van der Waals surface area contributed by atoms with Crippen molar-refractivity contribution in [1.29, 1.82) is 0 Å². The van der Waals surface area contributed by atoms with Crippen molar-refractivity contribution >= 4 is 22.8 Å². The third-order valence-corrected chi connectivity index (χ3v) is 2.59. The van der Waals surface area contributed by atoms with E-state index in [1.54, 1.807) is 12.3 Å². The molecule has 0 saturated heterocycles. The first-order valence-corrected chi connectivity index (χ1v) is 5.06. The van der Waals surface area contributed by atoms with E-state index in [2.05, 4.69) is 11.6 Å². The van der Waals surface area contributed by atoms with E-state index in [1.165, 1.54) is 12.1 Å². The predicted octanol–water partition coefficient (Wildman–Crippen LogP) is 3.38. The molecule has 0 aliphatic heterocycles. The monoisotopic (exact) mass is 216 g/mol. The fourth-order valence-electron chi connectivity index (χ4n) is 1.82. The third-order valence-electron chi connectivity index (χ3n) is 2.59. The minimum Gasteiger partial charge on any atom is -0.342 e. The van der Waals surface area contributed by atoms with Crippen molar-refractivity contribution in [2.24, 2.45) is 12.0 Å². The van der Waals surface area contributed by atoms with Crippen LogP contribution in [-0.2, 0) is 7.05 Å². The molecule has 0 aliphatic rings. The molecule has 16 heavy (non-hydrogen) atoms. The molecule has 0 N–H and O–H groups in total. The lowest BCUT2D eigenvalue weighted by atomic mass is 10.2. The van der Waals surface area contributed by atoms with Crippen LogP contribution in [0.25, 0.3) is 16.6 Å². The number of aryl methyl sites for hydroxylation is 1.